The van der Waals surface area contributed by atoms with Crippen molar-refractivity contribution in [2.75, 3.05) is 30.4 Å². The number of carboxylic acid groups (broad SMARTS) is 1. The molecule has 2 aliphatic rings. The second kappa shape index (κ2) is 11.3. The number of carbonyl (C=O) groups is 4. The summed E-state index contributed by atoms with van der Waals surface area (Å²) in [6.07, 6.45) is -0.696. The van der Waals surface area contributed by atoms with Crippen molar-refractivity contribution in [2.24, 2.45) is 0 Å². The largest absolute Gasteiger partial charge is 0.465 e. The first-order valence-corrected chi connectivity index (χ1v) is 13.2. The molecule has 0 unspecified atom stereocenters. The Morgan fingerprint density at radius 2 is 1.85 bits per heavy atom. The topological polar surface area (TPSA) is 128 Å². The number of benzene rings is 3. The minimum absolute atomic E-state index is 0.00703. The highest BCUT2D eigenvalue weighted by atomic mass is 19.1. The quantitative estimate of drug-likeness (QED) is 0.411. The van der Waals surface area contributed by atoms with Crippen LogP contribution in [-0.4, -0.2) is 60.2 Å². The Kier molecular flexibility index (Phi) is 7.60. The Morgan fingerprint density at radius 1 is 1.12 bits per heavy atom. The lowest BCUT2D eigenvalue weighted by molar-refractivity contribution is -0.141. The zero-order valence-corrected chi connectivity index (χ0v) is 22.3. The minimum atomic E-state index is -1.22. The normalized spacial score (nSPS) is 18.5. The molecule has 2 atom stereocenters. The smallest absolute Gasteiger partial charge is 0.412 e. The molecule has 0 radical (unpaired) electrons. The van der Waals surface area contributed by atoms with Crippen LogP contribution in [0.1, 0.15) is 34.3 Å². The van der Waals surface area contributed by atoms with E-state index in [9.17, 15) is 28.7 Å². The van der Waals surface area contributed by atoms with Crippen molar-refractivity contribution in [1.29, 1.82) is 0 Å². The number of carbonyl (C=O) groups excluding carboxylic acids is 3. The van der Waals surface area contributed by atoms with Gasteiger partial charge in [0.2, 0.25) is 5.91 Å². The van der Waals surface area contributed by atoms with Crippen LogP contribution in [0.3, 0.4) is 0 Å². The summed E-state index contributed by atoms with van der Waals surface area (Å²) in [6.45, 7) is 0.376. The maximum Gasteiger partial charge on any atom is 0.412 e. The first-order chi connectivity index (χ1) is 19.6. The van der Waals surface area contributed by atoms with Gasteiger partial charge in [0.05, 0.1) is 12.2 Å². The average molecular weight is 561 g/mol. The van der Waals surface area contributed by atoms with Gasteiger partial charge in [0.15, 0.2) is 5.60 Å². The lowest BCUT2D eigenvalue weighted by Gasteiger charge is -2.45. The summed E-state index contributed by atoms with van der Waals surface area (Å²) < 4.78 is 20.0. The van der Waals surface area contributed by atoms with E-state index in [1.54, 1.807) is 4.90 Å². The number of likely N-dealkylation sites (tertiary alicyclic amines) is 1. The summed E-state index contributed by atoms with van der Waals surface area (Å²) in [4.78, 5) is 53.5. The van der Waals surface area contributed by atoms with Crippen LogP contribution >= 0.6 is 0 Å². The minimum Gasteiger partial charge on any atom is -0.465 e. The Bertz CT molecular complexity index is 1480. The van der Waals surface area contributed by atoms with Crippen LogP contribution in [0.5, 0.6) is 0 Å². The molecule has 2 aliphatic heterocycles. The summed E-state index contributed by atoms with van der Waals surface area (Å²) >= 11 is 0. The summed E-state index contributed by atoms with van der Waals surface area (Å²) in [5.74, 6) is -1.35. The molecular formula is C30H29FN4O6. The third-order valence-electron chi connectivity index (χ3n) is 7.45. The maximum atomic E-state index is 14.2. The lowest BCUT2D eigenvalue weighted by atomic mass is 9.83. The summed E-state index contributed by atoms with van der Waals surface area (Å²) in [5, 5.41) is 14.6. The van der Waals surface area contributed by atoms with E-state index in [0.29, 0.717) is 36.3 Å². The molecule has 0 bridgehead atoms. The molecule has 3 aromatic carbocycles. The van der Waals surface area contributed by atoms with Crippen molar-refractivity contribution in [3.05, 3.63) is 95.3 Å². The molecule has 1 spiro atoms. The Labute approximate surface area is 235 Å². The molecule has 0 aliphatic carbocycles. The average Bonchev–Trinajstić information content (AvgIpc) is 2.97. The van der Waals surface area contributed by atoms with Crippen LogP contribution < -0.4 is 15.5 Å². The Hall–Kier alpha value is -4.93. The number of fused-ring (bicyclic) bond motifs is 2. The van der Waals surface area contributed by atoms with E-state index in [2.05, 4.69) is 10.6 Å². The number of nitrogens with zero attached hydrogens (tertiary/aromatic N) is 2. The Morgan fingerprint density at radius 3 is 2.56 bits per heavy atom. The van der Waals surface area contributed by atoms with Gasteiger partial charge in [-0.3, -0.25) is 19.8 Å². The van der Waals surface area contributed by atoms with Crippen molar-refractivity contribution in [2.45, 2.75) is 30.9 Å². The van der Waals surface area contributed by atoms with Gasteiger partial charge in [-0.2, -0.15) is 0 Å². The fraction of sp³-hybridized carbons (Fsp3) is 0.267. The molecule has 11 heteroatoms. The van der Waals surface area contributed by atoms with E-state index in [0.717, 1.165) is 10.5 Å². The molecule has 10 nitrogen and oxygen atoms in total. The van der Waals surface area contributed by atoms with Crippen LogP contribution in [0.2, 0.25) is 0 Å². The predicted octanol–water partition coefficient (Wildman–Crippen LogP) is 4.36. The summed E-state index contributed by atoms with van der Waals surface area (Å²) in [5.41, 5.74) is 1.15. The van der Waals surface area contributed by atoms with Gasteiger partial charge in [0.25, 0.3) is 5.91 Å². The van der Waals surface area contributed by atoms with E-state index >= 15 is 0 Å². The van der Waals surface area contributed by atoms with Gasteiger partial charge in [-0.1, -0.05) is 30.3 Å². The van der Waals surface area contributed by atoms with E-state index < -0.39 is 35.6 Å². The van der Waals surface area contributed by atoms with Gasteiger partial charge >= 0.3 is 12.2 Å². The fourth-order valence-electron chi connectivity index (χ4n) is 5.34. The van der Waals surface area contributed by atoms with Gasteiger partial charge in [0.1, 0.15) is 11.9 Å². The number of piperidine rings is 1. The SMILES string of the molecule is CN(C(=O)O)c1ccc(C(=O)N[C@@H](Cc2ccccc2)C(=O)N2CCC[C@]3(C2)OC(=O)Nc2ccc(F)cc23)cc1. The molecule has 3 aromatic rings. The van der Waals surface area contributed by atoms with Crippen LogP contribution in [0.25, 0.3) is 0 Å². The second-order valence-corrected chi connectivity index (χ2v) is 10.2. The standard InChI is InChI=1S/C30H29FN4O6/c1-34(29(39)40)22-11-8-20(9-12-22)26(36)32-25(16-19-6-3-2-4-7-19)27(37)35-15-5-14-30(18-35)23-17-21(31)10-13-24(23)33-28(38)41-30/h2-4,6-13,17,25H,5,14-16,18H2,1H3,(H,32,36)(H,33,38)(H,39,40)/t25-,30+/m0/s1. The highest BCUT2D eigenvalue weighted by molar-refractivity contribution is 5.98. The molecule has 5 rings (SSSR count). The molecule has 4 amide bonds. The number of rotatable bonds is 6. The van der Waals surface area contributed by atoms with Crippen LogP contribution in [0, 0.1) is 5.82 Å². The second-order valence-electron chi connectivity index (χ2n) is 10.2. The zero-order chi connectivity index (χ0) is 29.1. The van der Waals surface area contributed by atoms with Crippen LogP contribution in [0.15, 0.2) is 72.8 Å². The summed E-state index contributed by atoms with van der Waals surface area (Å²) in [6, 6.07) is 18.3. The van der Waals surface area contributed by atoms with Crippen molar-refractivity contribution < 1.29 is 33.4 Å². The zero-order valence-electron chi connectivity index (χ0n) is 22.3. The molecule has 1 fully saturated rings. The van der Waals surface area contributed by atoms with Crippen molar-refractivity contribution in [1.82, 2.24) is 10.2 Å². The molecule has 3 N–H and O–H groups in total. The number of amides is 4. The number of halogens is 1. The van der Waals surface area contributed by atoms with Gasteiger partial charge in [0, 0.05) is 36.8 Å². The highest BCUT2D eigenvalue weighted by Crippen LogP contribution is 2.42. The van der Waals surface area contributed by atoms with Gasteiger partial charge < -0.3 is 20.1 Å². The van der Waals surface area contributed by atoms with Crippen LogP contribution in [-0.2, 0) is 21.6 Å². The molecular weight excluding hydrogens is 531 g/mol. The third-order valence-corrected chi connectivity index (χ3v) is 7.45. The van der Waals surface area contributed by atoms with Gasteiger partial charge in [-0.15, -0.1) is 0 Å². The Balaban J connectivity index is 1.40. The number of ether oxygens (including phenoxy) is 1. The van der Waals surface area contributed by atoms with Crippen molar-refractivity contribution in [3.63, 3.8) is 0 Å². The summed E-state index contributed by atoms with van der Waals surface area (Å²) in [7, 11) is 1.39. The van der Waals surface area contributed by atoms with Crippen LogP contribution in [0.4, 0.5) is 25.4 Å². The van der Waals surface area contributed by atoms with E-state index in [4.69, 9.17) is 4.74 Å². The molecule has 0 saturated carbocycles. The first-order valence-electron chi connectivity index (χ1n) is 13.2. The third kappa shape index (κ3) is 5.84. The predicted molar refractivity (Wildman–Crippen MR) is 148 cm³/mol. The molecule has 0 aromatic heterocycles. The maximum absolute atomic E-state index is 14.2. The molecule has 212 valence electrons. The highest BCUT2D eigenvalue weighted by Gasteiger charge is 2.47. The number of hydrogen-bond donors (Lipinski definition) is 3. The van der Waals surface area contributed by atoms with Gasteiger partial charge in [-0.05, 0) is 60.9 Å². The molecule has 2 heterocycles. The van der Waals surface area contributed by atoms with E-state index in [1.807, 2.05) is 30.3 Å². The van der Waals surface area contributed by atoms with Crippen molar-refractivity contribution in [3.8, 4) is 0 Å². The molecule has 1 saturated heterocycles. The fourth-order valence-corrected chi connectivity index (χ4v) is 5.34. The van der Waals surface area contributed by atoms with E-state index in [-0.39, 0.29) is 24.4 Å². The molecule has 41 heavy (non-hydrogen) atoms. The van der Waals surface area contributed by atoms with Gasteiger partial charge in [-0.25, -0.2) is 14.0 Å². The lowest BCUT2D eigenvalue weighted by Crippen LogP contribution is -2.57. The van der Waals surface area contributed by atoms with Crippen molar-refractivity contribution >= 4 is 35.4 Å². The first kappa shape index (κ1) is 27.6. The number of hydrogen-bond acceptors (Lipinski definition) is 5. The van der Waals surface area contributed by atoms with E-state index in [1.165, 1.54) is 49.5 Å². The monoisotopic (exact) mass is 560 g/mol. The number of nitrogens with one attached hydrogen (secondary N) is 2. The number of anilines is 2.